The summed E-state index contributed by atoms with van der Waals surface area (Å²) in [7, 11) is 0. The van der Waals surface area contributed by atoms with Crippen molar-refractivity contribution in [2.45, 2.75) is 46.7 Å². The molecular weight excluding hydrogens is 278 g/mol. The smallest absolute Gasteiger partial charge is 0.125 e. The highest BCUT2D eigenvalue weighted by molar-refractivity contribution is 7.07. The van der Waals surface area contributed by atoms with Crippen molar-refractivity contribution in [3.63, 3.8) is 0 Å². The number of hydrogen-bond acceptors (Lipinski definition) is 3. The molecule has 0 bridgehead atoms. The number of hydrogen-bond donors (Lipinski definition) is 1. The van der Waals surface area contributed by atoms with Crippen molar-refractivity contribution in [1.29, 1.82) is 0 Å². The van der Waals surface area contributed by atoms with Crippen molar-refractivity contribution in [1.82, 2.24) is 5.32 Å². The van der Waals surface area contributed by atoms with Gasteiger partial charge >= 0.3 is 0 Å². The molecule has 0 spiro atoms. The molecule has 0 atom stereocenters. The van der Waals surface area contributed by atoms with Gasteiger partial charge in [-0.1, -0.05) is 26.0 Å². The normalized spacial score (nSPS) is 11.1. The van der Waals surface area contributed by atoms with E-state index in [0.717, 1.165) is 25.3 Å². The summed E-state index contributed by atoms with van der Waals surface area (Å²) in [5, 5.41) is 7.76. The van der Waals surface area contributed by atoms with E-state index in [0.29, 0.717) is 6.04 Å². The van der Waals surface area contributed by atoms with E-state index in [1.165, 1.54) is 22.3 Å². The van der Waals surface area contributed by atoms with Crippen LogP contribution in [0.25, 0.3) is 0 Å². The Morgan fingerprint density at radius 3 is 2.43 bits per heavy atom. The van der Waals surface area contributed by atoms with Gasteiger partial charge in [0.2, 0.25) is 0 Å². The van der Waals surface area contributed by atoms with Gasteiger partial charge in [0.25, 0.3) is 0 Å². The van der Waals surface area contributed by atoms with E-state index < -0.39 is 0 Å². The molecule has 0 fully saturated rings. The molecule has 2 nitrogen and oxygen atoms in total. The topological polar surface area (TPSA) is 21.3 Å². The molecule has 0 aliphatic heterocycles. The second kappa shape index (κ2) is 7.62. The Bertz CT molecular complexity index is 538. The number of benzene rings is 1. The third-order valence-electron chi connectivity index (χ3n) is 3.45. The first-order valence-corrected chi connectivity index (χ1v) is 8.48. The summed E-state index contributed by atoms with van der Waals surface area (Å²) in [6.45, 7) is 10.2. The lowest BCUT2D eigenvalue weighted by atomic mass is 10.1. The predicted molar refractivity (Wildman–Crippen MR) is 91.4 cm³/mol. The number of nitrogens with one attached hydrogen (secondary N) is 1. The Kier molecular flexibility index (Phi) is 5.83. The van der Waals surface area contributed by atoms with Gasteiger partial charge in [-0.3, -0.25) is 0 Å². The highest BCUT2D eigenvalue weighted by Crippen LogP contribution is 2.25. The average Bonchev–Trinajstić information content (AvgIpc) is 2.92. The third-order valence-corrected chi connectivity index (χ3v) is 4.18. The van der Waals surface area contributed by atoms with Gasteiger partial charge in [-0.15, -0.1) is 0 Å². The number of thiophene rings is 1. The van der Waals surface area contributed by atoms with Gasteiger partial charge in [0.1, 0.15) is 5.75 Å². The molecule has 0 amide bonds. The fourth-order valence-electron chi connectivity index (χ4n) is 2.40. The van der Waals surface area contributed by atoms with Crippen LogP contribution in [0, 0.1) is 13.8 Å². The van der Waals surface area contributed by atoms with Gasteiger partial charge < -0.3 is 10.1 Å². The zero-order valence-corrected chi connectivity index (χ0v) is 14.2. The Labute approximate surface area is 132 Å². The van der Waals surface area contributed by atoms with Crippen LogP contribution in [0.1, 0.15) is 36.1 Å². The monoisotopic (exact) mass is 303 g/mol. The van der Waals surface area contributed by atoms with Crippen LogP contribution in [0.2, 0.25) is 0 Å². The third kappa shape index (κ3) is 4.87. The molecule has 114 valence electrons. The molecule has 0 aliphatic rings. The molecule has 0 radical (unpaired) electrons. The Morgan fingerprint density at radius 2 is 1.86 bits per heavy atom. The van der Waals surface area contributed by atoms with E-state index in [9.17, 15) is 0 Å². The van der Waals surface area contributed by atoms with Gasteiger partial charge in [0.05, 0.1) is 6.61 Å². The van der Waals surface area contributed by atoms with E-state index in [1.807, 2.05) is 0 Å². The summed E-state index contributed by atoms with van der Waals surface area (Å²) in [5.41, 5.74) is 5.12. The van der Waals surface area contributed by atoms with Crippen LogP contribution in [0.3, 0.4) is 0 Å². The summed E-state index contributed by atoms with van der Waals surface area (Å²) in [4.78, 5) is 0. The number of ether oxygens (including phenoxy) is 1. The second-order valence-electron chi connectivity index (χ2n) is 5.82. The molecule has 0 saturated heterocycles. The first-order valence-electron chi connectivity index (χ1n) is 7.53. The number of aryl methyl sites for hydroxylation is 2. The minimum absolute atomic E-state index is 0.507. The van der Waals surface area contributed by atoms with E-state index in [4.69, 9.17) is 4.74 Å². The van der Waals surface area contributed by atoms with Crippen molar-refractivity contribution in [3.05, 3.63) is 51.2 Å². The Morgan fingerprint density at radius 1 is 1.14 bits per heavy atom. The molecular formula is C18H25NOS. The van der Waals surface area contributed by atoms with Crippen molar-refractivity contribution in [3.8, 4) is 5.75 Å². The lowest BCUT2D eigenvalue weighted by Gasteiger charge is -2.15. The fourth-order valence-corrected chi connectivity index (χ4v) is 3.10. The van der Waals surface area contributed by atoms with Crippen LogP contribution in [-0.4, -0.2) is 12.6 Å². The fraction of sp³-hybridized carbons (Fsp3) is 0.444. The van der Waals surface area contributed by atoms with Crippen molar-refractivity contribution >= 4 is 11.3 Å². The first-order chi connectivity index (χ1) is 10.1. The minimum atomic E-state index is 0.507. The van der Waals surface area contributed by atoms with Crippen molar-refractivity contribution < 1.29 is 4.74 Å². The van der Waals surface area contributed by atoms with E-state index in [-0.39, 0.29) is 0 Å². The van der Waals surface area contributed by atoms with Crippen LogP contribution < -0.4 is 10.1 Å². The lowest BCUT2D eigenvalue weighted by molar-refractivity contribution is 0.317. The predicted octanol–water partition coefficient (Wildman–Crippen LogP) is 4.48. The maximum Gasteiger partial charge on any atom is 0.125 e. The minimum Gasteiger partial charge on any atom is -0.493 e. The Hall–Kier alpha value is -1.32. The molecule has 1 aromatic carbocycles. The SMILES string of the molecule is Cc1cc(CNC(C)C)cc(C)c1OCCc1ccsc1. The van der Waals surface area contributed by atoms with Crippen LogP contribution in [0.4, 0.5) is 0 Å². The standard InChI is InChI=1S/C18H25NOS/c1-13(2)19-11-17-9-14(3)18(15(4)10-17)20-7-5-16-6-8-21-12-16/h6,8-10,12-13,19H,5,7,11H2,1-4H3. The summed E-state index contributed by atoms with van der Waals surface area (Å²) >= 11 is 1.74. The zero-order valence-electron chi connectivity index (χ0n) is 13.4. The highest BCUT2D eigenvalue weighted by atomic mass is 32.1. The molecule has 3 heteroatoms. The largest absolute Gasteiger partial charge is 0.493 e. The molecule has 21 heavy (non-hydrogen) atoms. The zero-order chi connectivity index (χ0) is 15.2. The van der Waals surface area contributed by atoms with Crippen molar-refractivity contribution in [2.75, 3.05) is 6.61 Å². The van der Waals surface area contributed by atoms with Crippen molar-refractivity contribution in [2.24, 2.45) is 0 Å². The molecule has 0 saturated carbocycles. The van der Waals surface area contributed by atoms with Crippen LogP contribution in [0.5, 0.6) is 5.75 Å². The van der Waals surface area contributed by atoms with Crippen LogP contribution >= 0.6 is 11.3 Å². The quantitative estimate of drug-likeness (QED) is 0.814. The molecule has 0 unspecified atom stereocenters. The lowest BCUT2D eigenvalue weighted by Crippen LogP contribution is -2.22. The highest BCUT2D eigenvalue weighted by Gasteiger charge is 2.07. The van der Waals surface area contributed by atoms with Gasteiger partial charge in [0, 0.05) is 19.0 Å². The molecule has 2 aromatic rings. The van der Waals surface area contributed by atoms with Crippen LogP contribution in [0.15, 0.2) is 29.0 Å². The van der Waals surface area contributed by atoms with E-state index >= 15 is 0 Å². The van der Waals surface area contributed by atoms with E-state index in [2.05, 4.69) is 62.0 Å². The summed E-state index contributed by atoms with van der Waals surface area (Å²) in [6, 6.07) is 7.12. The summed E-state index contributed by atoms with van der Waals surface area (Å²) in [5.74, 6) is 1.04. The first kappa shape index (κ1) is 16.1. The van der Waals surface area contributed by atoms with Gasteiger partial charge in [0.15, 0.2) is 0 Å². The molecule has 0 aliphatic carbocycles. The van der Waals surface area contributed by atoms with E-state index in [1.54, 1.807) is 11.3 Å². The Balaban J connectivity index is 1.96. The maximum absolute atomic E-state index is 6.01. The molecule has 1 N–H and O–H groups in total. The summed E-state index contributed by atoms with van der Waals surface area (Å²) < 4.78 is 6.01. The van der Waals surface area contributed by atoms with Crippen LogP contribution in [-0.2, 0) is 13.0 Å². The maximum atomic E-state index is 6.01. The summed E-state index contributed by atoms with van der Waals surface area (Å²) in [6.07, 6.45) is 0.971. The van der Waals surface area contributed by atoms with Gasteiger partial charge in [-0.2, -0.15) is 11.3 Å². The molecule has 2 rings (SSSR count). The second-order valence-corrected chi connectivity index (χ2v) is 6.60. The average molecular weight is 303 g/mol. The number of rotatable bonds is 7. The van der Waals surface area contributed by atoms with Gasteiger partial charge in [-0.05, 0) is 52.9 Å². The van der Waals surface area contributed by atoms with Gasteiger partial charge in [-0.25, -0.2) is 0 Å². The molecule has 1 aromatic heterocycles. The molecule has 1 heterocycles.